The molecule has 0 atom stereocenters. The van der Waals surface area contributed by atoms with E-state index in [1.165, 1.54) is 22.3 Å². The Bertz CT molecular complexity index is 2600. The molecule has 0 amide bonds. The molecule has 5 heteroatoms. The fraction of sp³-hybridized carbons (Fsp3) is 0.0714. The molecule has 47 heavy (non-hydrogen) atoms. The van der Waals surface area contributed by atoms with Crippen LogP contribution in [0.4, 0.5) is 0 Å². The van der Waals surface area contributed by atoms with E-state index < -0.39 is 0 Å². The molecule has 6 aromatic carbocycles. The average Bonchev–Trinajstić information content (AvgIpc) is 3.75. The number of rotatable bonds is 3. The smallest absolute Gasteiger partial charge is 0.164 e. The molecule has 0 fully saturated rings. The molecule has 5 nitrogen and oxygen atoms in total. The Labute approximate surface area is 270 Å². The van der Waals surface area contributed by atoms with Gasteiger partial charge in [0.2, 0.25) is 0 Å². The number of hydrogen-bond acceptors (Lipinski definition) is 5. The van der Waals surface area contributed by atoms with Gasteiger partial charge in [0.15, 0.2) is 17.5 Å². The van der Waals surface area contributed by atoms with Crippen molar-refractivity contribution in [3.63, 3.8) is 0 Å². The molecule has 0 radical (unpaired) electrons. The number of hydrogen-bond donors (Lipinski definition) is 0. The summed E-state index contributed by atoms with van der Waals surface area (Å²) in [5.74, 6) is 1.79. The maximum atomic E-state index is 6.24. The van der Waals surface area contributed by atoms with E-state index >= 15 is 0 Å². The van der Waals surface area contributed by atoms with Crippen molar-refractivity contribution in [2.24, 2.45) is 0 Å². The van der Waals surface area contributed by atoms with Crippen LogP contribution in [0.25, 0.3) is 89.2 Å². The van der Waals surface area contributed by atoms with E-state index in [-0.39, 0.29) is 5.41 Å². The van der Waals surface area contributed by atoms with Gasteiger partial charge in [-0.25, -0.2) is 15.0 Å². The quantitative estimate of drug-likeness (QED) is 0.200. The summed E-state index contributed by atoms with van der Waals surface area (Å²) < 4.78 is 12.5. The van der Waals surface area contributed by atoms with Crippen molar-refractivity contribution >= 4 is 43.9 Å². The number of aromatic nitrogens is 3. The van der Waals surface area contributed by atoms with Crippen LogP contribution in [0.15, 0.2) is 136 Å². The molecule has 1 aliphatic rings. The second-order valence-corrected chi connectivity index (χ2v) is 12.9. The van der Waals surface area contributed by atoms with E-state index in [2.05, 4.69) is 92.7 Å². The predicted octanol–water partition coefficient (Wildman–Crippen LogP) is 11.0. The molecular weight excluding hydrogens is 578 g/mol. The molecule has 0 N–H and O–H groups in total. The Balaban J connectivity index is 1.17. The molecule has 222 valence electrons. The van der Waals surface area contributed by atoms with Crippen molar-refractivity contribution in [2.45, 2.75) is 19.3 Å². The molecule has 0 unspecified atom stereocenters. The fourth-order valence-corrected chi connectivity index (χ4v) is 7.34. The van der Waals surface area contributed by atoms with Crippen LogP contribution in [0.3, 0.4) is 0 Å². The zero-order valence-corrected chi connectivity index (χ0v) is 25.8. The van der Waals surface area contributed by atoms with E-state index in [0.717, 1.165) is 60.6 Å². The first kappa shape index (κ1) is 26.2. The van der Waals surface area contributed by atoms with E-state index in [1.807, 2.05) is 48.5 Å². The van der Waals surface area contributed by atoms with Gasteiger partial charge in [0.1, 0.15) is 22.3 Å². The normalized spacial score (nSPS) is 13.5. The largest absolute Gasteiger partial charge is 0.456 e. The molecule has 10 rings (SSSR count). The van der Waals surface area contributed by atoms with Crippen LogP contribution in [-0.4, -0.2) is 15.0 Å². The van der Waals surface area contributed by atoms with Crippen LogP contribution in [-0.2, 0) is 5.41 Å². The minimum Gasteiger partial charge on any atom is -0.456 e. The van der Waals surface area contributed by atoms with Crippen molar-refractivity contribution in [1.29, 1.82) is 0 Å². The third-order valence-corrected chi connectivity index (χ3v) is 9.75. The van der Waals surface area contributed by atoms with Gasteiger partial charge in [0.25, 0.3) is 0 Å². The molecular formula is C42H27N3O2. The highest BCUT2D eigenvalue weighted by Crippen LogP contribution is 2.49. The Morgan fingerprint density at radius 1 is 0.404 bits per heavy atom. The maximum Gasteiger partial charge on any atom is 0.164 e. The van der Waals surface area contributed by atoms with Gasteiger partial charge in [-0.1, -0.05) is 98.8 Å². The lowest BCUT2D eigenvalue weighted by atomic mass is 9.82. The number of para-hydroxylation sites is 2. The average molecular weight is 606 g/mol. The highest BCUT2D eigenvalue weighted by molar-refractivity contribution is 6.06. The van der Waals surface area contributed by atoms with Gasteiger partial charge >= 0.3 is 0 Å². The molecule has 0 bridgehead atoms. The lowest BCUT2D eigenvalue weighted by molar-refractivity contribution is 0.660. The minimum absolute atomic E-state index is 0.140. The summed E-state index contributed by atoms with van der Waals surface area (Å²) in [5.41, 5.74) is 11.0. The van der Waals surface area contributed by atoms with E-state index in [0.29, 0.717) is 17.5 Å². The first-order chi connectivity index (χ1) is 23.0. The van der Waals surface area contributed by atoms with Crippen LogP contribution in [0.5, 0.6) is 0 Å². The Morgan fingerprint density at radius 2 is 0.851 bits per heavy atom. The van der Waals surface area contributed by atoms with Crippen molar-refractivity contribution in [2.75, 3.05) is 0 Å². The number of fused-ring (bicyclic) bond motifs is 9. The zero-order chi connectivity index (χ0) is 31.3. The molecule has 9 aromatic rings. The van der Waals surface area contributed by atoms with Crippen LogP contribution in [0, 0.1) is 0 Å². The van der Waals surface area contributed by atoms with Gasteiger partial charge in [-0.15, -0.1) is 0 Å². The molecule has 3 heterocycles. The topological polar surface area (TPSA) is 65.0 Å². The molecule has 0 spiro atoms. The minimum atomic E-state index is -0.140. The van der Waals surface area contributed by atoms with E-state index in [4.69, 9.17) is 23.8 Å². The molecule has 0 aliphatic heterocycles. The standard InChI is InChI=1S/C42H27N3O2/c1-42(2)33-12-6-3-9-27(33)28-18-15-24(21-34(28)42)39-43-40(25-16-19-31-29-10-4-7-13-35(29)46-37(31)22-25)45-41(44-39)26-17-20-32-30-11-5-8-14-36(30)47-38(32)23-26/h3-23H,1-2H3. The van der Waals surface area contributed by atoms with Gasteiger partial charge in [0, 0.05) is 43.7 Å². The Hall–Kier alpha value is -6.07. The summed E-state index contributed by atoms with van der Waals surface area (Å²) in [6.07, 6.45) is 0. The fourth-order valence-electron chi connectivity index (χ4n) is 7.34. The molecule has 3 aromatic heterocycles. The van der Waals surface area contributed by atoms with Gasteiger partial charge in [-0.3, -0.25) is 0 Å². The third-order valence-electron chi connectivity index (χ3n) is 9.75. The number of furan rings is 2. The van der Waals surface area contributed by atoms with E-state index in [9.17, 15) is 0 Å². The van der Waals surface area contributed by atoms with Crippen LogP contribution in [0.2, 0.25) is 0 Å². The summed E-state index contributed by atoms with van der Waals surface area (Å²) in [7, 11) is 0. The summed E-state index contributed by atoms with van der Waals surface area (Å²) in [4.78, 5) is 15.2. The second kappa shape index (κ2) is 9.47. The highest BCUT2D eigenvalue weighted by Gasteiger charge is 2.35. The summed E-state index contributed by atoms with van der Waals surface area (Å²) in [6, 6.07) is 43.9. The first-order valence-electron chi connectivity index (χ1n) is 15.9. The summed E-state index contributed by atoms with van der Waals surface area (Å²) in [5, 5.41) is 4.31. The van der Waals surface area contributed by atoms with Gasteiger partial charge in [-0.05, 0) is 64.7 Å². The zero-order valence-electron chi connectivity index (χ0n) is 25.8. The third kappa shape index (κ3) is 3.86. The van der Waals surface area contributed by atoms with Crippen molar-refractivity contribution in [3.05, 3.63) is 139 Å². The lowest BCUT2D eigenvalue weighted by Crippen LogP contribution is -2.15. The number of benzene rings is 6. The molecule has 0 saturated carbocycles. The van der Waals surface area contributed by atoms with Crippen molar-refractivity contribution in [1.82, 2.24) is 15.0 Å². The van der Waals surface area contributed by atoms with E-state index in [1.54, 1.807) is 0 Å². The molecule has 1 aliphatic carbocycles. The summed E-state index contributed by atoms with van der Waals surface area (Å²) >= 11 is 0. The Morgan fingerprint density at radius 3 is 1.45 bits per heavy atom. The van der Waals surface area contributed by atoms with Gasteiger partial charge in [-0.2, -0.15) is 0 Å². The second-order valence-electron chi connectivity index (χ2n) is 12.9. The van der Waals surface area contributed by atoms with Crippen LogP contribution < -0.4 is 0 Å². The van der Waals surface area contributed by atoms with Gasteiger partial charge in [0.05, 0.1) is 0 Å². The molecule has 0 saturated heterocycles. The highest BCUT2D eigenvalue weighted by atomic mass is 16.3. The number of nitrogens with zero attached hydrogens (tertiary/aromatic N) is 3. The van der Waals surface area contributed by atoms with Crippen LogP contribution in [0.1, 0.15) is 25.0 Å². The van der Waals surface area contributed by atoms with Crippen molar-refractivity contribution < 1.29 is 8.83 Å². The SMILES string of the molecule is CC1(C)c2ccccc2-c2ccc(-c3nc(-c4ccc5c(c4)oc4ccccc45)nc(-c4ccc5c(c4)oc4ccccc45)n3)cc21. The van der Waals surface area contributed by atoms with Crippen molar-refractivity contribution in [3.8, 4) is 45.3 Å². The monoisotopic (exact) mass is 605 g/mol. The summed E-state index contributed by atoms with van der Waals surface area (Å²) in [6.45, 7) is 4.58. The maximum absolute atomic E-state index is 6.24. The Kier molecular flexibility index (Phi) is 5.28. The lowest BCUT2D eigenvalue weighted by Gasteiger charge is -2.21. The predicted molar refractivity (Wildman–Crippen MR) is 188 cm³/mol. The van der Waals surface area contributed by atoms with Crippen LogP contribution >= 0.6 is 0 Å². The first-order valence-corrected chi connectivity index (χ1v) is 15.9. The van der Waals surface area contributed by atoms with Gasteiger partial charge < -0.3 is 8.83 Å².